The molecule has 0 amide bonds. The highest BCUT2D eigenvalue weighted by molar-refractivity contribution is 5.71. The molecule has 0 aliphatic heterocycles. The molecule has 0 saturated heterocycles. The Morgan fingerprint density at radius 2 is 1.03 bits per heavy atom. The van der Waals surface area contributed by atoms with E-state index in [2.05, 4.69) is 86.4 Å². The van der Waals surface area contributed by atoms with Crippen molar-refractivity contribution in [3.8, 4) is 0 Å². The van der Waals surface area contributed by atoms with Crippen LogP contribution in [0.1, 0.15) is 213 Å². The second kappa shape index (κ2) is 43.1. The van der Waals surface area contributed by atoms with Crippen LogP contribution in [-0.4, -0.2) is 74.8 Å². The molecule has 0 aromatic heterocycles. The molecule has 4 atom stereocenters. The van der Waals surface area contributed by atoms with Gasteiger partial charge in [-0.3, -0.25) is 19.2 Å². The van der Waals surface area contributed by atoms with Gasteiger partial charge in [-0.1, -0.05) is 146 Å². The summed E-state index contributed by atoms with van der Waals surface area (Å²) < 4.78 is 23.1. The zero-order chi connectivity index (χ0) is 47.4. The number of unbranched alkanes of at least 4 members (excludes halogenated alkanes) is 15. The predicted octanol–water partition coefficient (Wildman–Crippen LogP) is 14.2. The van der Waals surface area contributed by atoms with Crippen molar-refractivity contribution in [3.63, 3.8) is 0 Å². The van der Waals surface area contributed by atoms with E-state index in [1.165, 1.54) is 44.9 Å². The second-order valence-corrected chi connectivity index (χ2v) is 18.3. The van der Waals surface area contributed by atoms with Gasteiger partial charge in [0.2, 0.25) is 0 Å². The Kier molecular flexibility index (Phi) is 39.5. The largest absolute Gasteiger partial charge is 0.462 e. The van der Waals surface area contributed by atoms with Gasteiger partial charge >= 0.3 is 23.9 Å². The zero-order valence-corrected chi connectivity index (χ0v) is 42.1. The average Bonchev–Trinajstić information content (AvgIpc) is 3.65. The normalized spacial score (nSPS) is 17.1. The Labute approximate surface area is 397 Å². The Bertz CT molecular complexity index is 1350. The van der Waals surface area contributed by atoms with Crippen LogP contribution in [0.3, 0.4) is 0 Å². The van der Waals surface area contributed by atoms with Crippen molar-refractivity contribution < 1.29 is 38.1 Å². The number of carbonyl (C=O) groups excluding carboxylic acids is 4. The maximum atomic E-state index is 13.3. The summed E-state index contributed by atoms with van der Waals surface area (Å²) in [6.07, 6.45) is 48.9. The summed E-state index contributed by atoms with van der Waals surface area (Å²) >= 11 is 0. The number of hydrogen-bond acceptors (Lipinski definition) is 9. The highest BCUT2D eigenvalue weighted by Crippen LogP contribution is 2.39. The minimum Gasteiger partial charge on any atom is -0.462 e. The van der Waals surface area contributed by atoms with Gasteiger partial charge in [0.15, 0.2) is 6.10 Å². The van der Waals surface area contributed by atoms with Gasteiger partial charge in [0, 0.05) is 31.6 Å². The van der Waals surface area contributed by atoms with Crippen LogP contribution in [0.15, 0.2) is 60.8 Å². The third-order valence-electron chi connectivity index (χ3n) is 12.0. The molecule has 9 heteroatoms. The van der Waals surface area contributed by atoms with Crippen LogP contribution in [0.2, 0.25) is 0 Å². The van der Waals surface area contributed by atoms with E-state index in [0.29, 0.717) is 25.7 Å². The monoisotopic (exact) mass is 910 g/mol. The molecule has 0 aromatic rings. The fourth-order valence-electron chi connectivity index (χ4n) is 8.09. The molecule has 0 spiro atoms. The molecule has 9 nitrogen and oxygen atoms in total. The van der Waals surface area contributed by atoms with E-state index in [1.807, 2.05) is 14.1 Å². The van der Waals surface area contributed by atoms with Crippen LogP contribution in [0.25, 0.3) is 0 Å². The van der Waals surface area contributed by atoms with Crippen molar-refractivity contribution >= 4 is 23.9 Å². The van der Waals surface area contributed by atoms with Crippen LogP contribution < -0.4 is 0 Å². The Hall–Kier alpha value is -3.46. The maximum Gasteiger partial charge on any atom is 0.306 e. The number of esters is 4. The average molecular weight is 910 g/mol. The first kappa shape index (κ1) is 59.6. The Morgan fingerprint density at radius 3 is 1.60 bits per heavy atom. The molecule has 1 aliphatic rings. The van der Waals surface area contributed by atoms with Gasteiger partial charge in [-0.15, -0.1) is 0 Å². The highest BCUT2D eigenvalue weighted by Gasteiger charge is 2.39. The summed E-state index contributed by atoms with van der Waals surface area (Å²) in [5.41, 5.74) is 0. The molecule has 0 N–H and O–H groups in total. The van der Waals surface area contributed by atoms with E-state index in [4.69, 9.17) is 18.9 Å². The van der Waals surface area contributed by atoms with E-state index in [-0.39, 0.29) is 61.9 Å². The predicted molar refractivity (Wildman–Crippen MR) is 268 cm³/mol. The quantitative estimate of drug-likeness (QED) is 0.0256. The fourth-order valence-corrected chi connectivity index (χ4v) is 8.09. The summed E-state index contributed by atoms with van der Waals surface area (Å²) in [5, 5.41) is 0. The van der Waals surface area contributed by atoms with Gasteiger partial charge in [0.1, 0.15) is 19.3 Å². The van der Waals surface area contributed by atoms with E-state index < -0.39 is 12.1 Å². The molecular formula is C56H95NO8. The summed E-state index contributed by atoms with van der Waals surface area (Å²) in [5.74, 6) is -1.28. The zero-order valence-electron chi connectivity index (χ0n) is 42.1. The van der Waals surface area contributed by atoms with Gasteiger partial charge in [-0.2, -0.15) is 0 Å². The molecule has 0 heterocycles. The summed E-state index contributed by atoms with van der Waals surface area (Å²) in [7, 11) is 3.97. The van der Waals surface area contributed by atoms with Crippen LogP contribution in [0.4, 0.5) is 0 Å². The van der Waals surface area contributed by atoms with Gasteiger partial charge in [-0.05, 0) is 129 Å². The topological polar surface area (TPSA) is 108 Å². The molecule has 1 aliphatic carbocycles. The number of hydrogen-bond donors (Lipinski definition) is 0. The van der Waals surface area contributed by atoms with Crippen molar-refractivity contribution in [1.82, 2.24) is 4.90 Å². The Morgan fingerprint density at radius 1 is 0.523 bits per heavy atom. The van der Waals surface area contributed by atoms with Crippen molar-refractivity contribution in [2.75, 3.05) is 33.9 Å². The smallest absolute Gasteiger partial charge is 0.306 e. The lowest BCUT2D eigenvalue weighted by Crippen LogP contribution is -2.31. The lowest BCUT2D eigenvalue weighted by molar-refractivity contribution is -0.167. The number of rotatable bonds is 42. The molecular weight excluding hydrogens is 815 g/mol. The van der Waals surface area contributed by atoms with Crippen molar-refractivity contribution in [3.05, 3.63) is 60.8 Å². The standard InChI is InChI=1S/C56H95NO8/c1-6-9-12-14-16-18-20-22-24-26-28-30-32-34-37-41-54(59)64-50(47-62-53(58)40-36-33-31-29-27-25-23-21-19-17-15-13-10-7-2)48-63-56(61)46-49-43-44-52(51(49)39-35-11-8-3)65-55(60)42-38-45-57(4)5/h11,15-18,21-24,35,49-52H,6-10,12-14,19-20,25-34,36-48H2,1-5H3/b17-15-,18-16-,23-21-,24-22-,35-11-. The Balaban J connectivity index is 2.62. The lowest BCUT2D eigenvalue weighted by Gasteiger charge is -2.24. The molecule has 4 unspecified atom stereocenters. The SMILES string of the molecule is CC/C=C\CC1C(CC(=O)OCC(COC(=O)CCCCCCC/C=C\C/C=C\CCCC)OC(=O)CCCCCCC/C=C\C/C=C\CCCCC)CCC1OC(=O)CCCN(C)C. The number of carbonyl (C=O) groups is 4. The second-order valence-electron chi connectivity index (χ2n) is 18.3. The molecule has 372 valence electrons. The van der Waals surface area contributed by atoms with Crippen molar-refractivity contribution in [2.24, 2.45) is 11.8 Å². The van der Waals surface area contributed by atoms with Crippen molar-refractivity contribution in [2.45, 2.75) is 226 Å². The van der Waals surface area contributed by atoms with E-state index in [9.17, 15) is 19.2 Å². The van der Waals surface area contributed by atoms with Crippen LogP contribution in [0, 0.1) is 11.8 Å². The first-order valence-electron chi connectivity index (χ1n) is 26.3. The van der Waals surface area contributed by atoms with Gasteiger partial charge in [0.25, 0.3) is 0 Å². The molecule has 0 bridgehead atoms. The summed E-state index contributed by atoms with van der Waals surface area (Å²) in [4.78, 5) is 53.8. The number of nitrogens with zero attached hydrogens (tertiary/aromatic N) is 1. The van der Waals surface area contributed by atoms with Gasteiger partial charge in [-0.25, -0.2) is 0 Å². The first-order chi connectivity index (χ1) is 31.7. The van der Waals surface area contributed by atoms with Crippen LogP contribution in [0.5, 0.6) is 0 Å². The number of ether oxygens (including phenoxy) is 4. The minimum absolute atomic E-state index is 0.000289. The molecule has 0 aromatic carbocycles. The highest BCUT2D eigenvalue weighted by atomic mass is 16.6. The van der Waals surface area contributed by atoms with Gasteiger partial charge in [0.05, 0.1) is 0 Å². The third kappa shape index (κ3) is 36.4. The minimum atomic E-state index is -0.879. The summed E-state index contributed by atoms with van der Waals surface area (Å²) in [6.45, 7) is 7.01. The van der Waals surface area contributed by atoms with Gasteiger partial charge < -0.3 is 23.8 Å². The summed E-state index contributed by atoms with van der Waals surface area (Å²) in [6, 6.07) is 0. The number of allylic oxidation sites excluding steroid dienone is 10. The molecule has 1 rings (SSSR count). The lowest BCUT2D eigenvalue weighted by atomic mass is 9.88. The van der Waals surface area contributed by atoms with E-state index in [0.717, 1.165) is 116 Å². The van der Waals surface area contributed by atoms with Crippen LogP contribution >= 0.6 is 0 Å². The third-order valence-corrected chi connectivity index (χ3v) is 12.0. The maximum absolute atomic E-state index is 13.3. The molecule has 0 radical (unpaired) electrons. The first-order valence-corrected chi connectivity index (χ1v) is 26.3. The molecule has 65 heavy (non-hydrogen) atoms. The van der Waals surface area contributed by atoms with Crippen LogP contribution in [-0.2, 0) is 38.1 Å². The fraction of sp³-hybridized carbons (Fsp3) is 0.750. The molecule has 1 fully saturated rings. The van der Waals surface area contributed by atoms with E-state index >= 15 is 0 Å². The molecule has 1 saturated carbocycles. The van der Waals surface area contributed by atoms with E-state index in [1.54, 1.807) is 0 Å². The van der Waals surface area contributed by atoms with Crippen molar-refractivity contribution in [1.29, 1.82) is 0 Å².